The summed E-state index contributed by atoms with van der Waals surface area (Å²) in [5.74, 6) is 0.382. The molecule has 1 fully saturated rings. The van der Waals surface area contributed by atoms with E-state index in [1.807, 2.05) is 0 Å². The fourth-order valence-electron chi connectivity index (χ4n) is 1.84. The molecule has 0 bridgehead atoms. The monoisotopic (exact) mass is 228 g/mol. The van der Waals surface area contributed by atoms with Crippen molar-refractivity contribution in [3.8, 4) is 0 Å². The highest BCUT2D eigenvalue weighted by Crippen LogP contribution is 2.40. The molecule has 1 rings (SSSR count). The van der Waals surface area contributed by atoms with Crippen LogP contribution in [-0.4, -0.2) is 30.0 Å². The molecular formula is C12H25BO3. The lowest BCUT2D eigenvalue weighted by Gasteiger charge is -2.32. The Labute approximate surface area is 99.7 Å². The summed E-state index contributed by atoms with van der Waals surface area (Å²) in [4.78, 5) is 0. The Kier molecular flexibility index (Phi) is 4.44. The highest BCUT2D eigenvalue weighted by Gasteiger charge is 2.52. The lowest BCUT2D eigenvalue weighted by atomic mass is 9.70. The average molecular weight is 228 g/mol. The molecule has 0 aromatic heterocycles. The Balaban J connectivity index is 2.46. The molecule has 3 nitrogen and oxygen atoms in total. The number of hydrogen-bond acceptors (Lipinski definition) is 3. The zero-order chi connectivity index (χ0) is 12.4. The first-order valence-corrected chi connectivity index (χ1v) is 6.26. The summed E-state index contributed by atoms with van der Waals surface area (Å²) in [6.07, 6.45) is 2.93. The van der Waals surface area contributed by atoms with Crippen molar-refractivity contribution in [2.75, 3.05) is 6.61 Å². The third-order valence-electron chi connectivity index (χ3n) is 3.80. The van der Waals surface area contributed by atoms with E-state index in [0.29, 0.717) is 5.82 Å². The number of aliphatic hydroxyl groups excluding tert-OH is 1. The Bertz CT molecular complexity index is 212. The smallest absolute Gasteiger partial charge is 0.403 e. The van der Waals surface area contributed by atoms with Gasteiger partial charge >= 0.3 is 7.12 Å². The first-order chi connectivity index (χ1) is 7.30. The maximum absolute atomic E-state index is 8.75. The normalized spacial score (nSPS) is 24.8. The first-order valence-electron chi connectivity index (χ1n) is 6.26. The maximum atomic E-state index is 8.75. The fourth-order valence-corrected chi connectivity index (χ4v) is 1.84. The Morgan fingerprint density at radius 3 is 2.00 bits per heavy atom. The zero-order valence-electron chi connectivity index (χ0n) is 11.2. The largest absolute Gasteiger partial charge is 0.460 e. The first kappa shape index (κ1) is 14.0. The second-order valence-corrected chi connectivity index (χ2v) is 5.82. The summed E-state index contributed by atoms with van der Waals surface area (Å²) in [6, 6.07) is 0. The molecule has 1 saturated heterocycles. The van der Waals surface area contributed by atoms with Gasteiger partial charge < -0.3 is 14.4 Å². The SMILES string of the molecule is CC(CCCCO)B1OC(C)(C)C(C)(C)O1. The third kappa shape index (κ3) is 2.99. The van der Waals surface area contributed by atoms with Gasteiger partial charge in [-0.3, -0.25) is 0 Å². The maximum Gasteiger partial charge on any atom is 0.460 e. The highest BCUT2D eigenvalue weighted by atomic mass is 16.7. The lowest BCUT2D eigenvalue weighted by molar-refractivity contribution is 0.00578. The molecule has 1 unspecified atom stereocenters. The Hall–Kier alpha value is -0.0551. The van der Waals surface area contributed by atoms with Crippen LogP contribution in [0.25, 0.3) is 0 Å². The number of rotatable bonds is 5. The molecule has 0 aliphatic carbocycles. The van der Waals surface area contributed by atoms with Crippen LogP contribution in [-0.2, 0) is 9.31 Å². The lowest BCUT2D eigenvalue weighted by Crippen LogP contribution is -2.41. The average Bonchev–Trinajstić information content (AvgIpc) is 2.36. The highest BCUT2D eigenvalue weighted by molar-refractivity contribution is 6.47. The Morgan fingerprint density at radius 2 is 1.56 bits per heavy atom. The van der Waals surface area contributed by atoms with Crippen molar-refractivity contribution < 1.29 is 14.4 Å². The molecule has 0 spiro atoms. The van der Waals surface area contributed by atoms with E-state index in [9.17, 15) is 0 Å². The van der Waals surface area contributed by atoms with Crippen molar-refractivity contribution >= 4 is 7.12 Å². The van der Waals surface area contributed by atoms with Crippen LogP contribution in [0.2, 0.25) is 5.82 Å². The van der Waals surface area contributed by atoms with Crippen LogP contribution in [0, 0.1) is 0 Å². The molecule has 4 heteroatoms. The van der Waals surface area contributed by atoms with Gasteiger partial charge in [0.05, 0.1) is 11.2 Å². The van der Waals surface area contributed by atoms with E-state index in [1.165, 1.54) is 0 Å². The number of hydrogen-bond donors (Lipinski definition) is 1. The van der Waals surface area contributed by atoms with Gasteiger partial charge in [-0.15, -0.1) is 0 Å². The van der Waals surface area contributed by atoms with Crippen molar-refractivity contribution in [1.29, 1.82) is 0 Å². The summed E-state index contributed by atoms with van der Waals surface area (Å²) in [7, 11) is -0.108. The van der Waals surface area contributed by atoms with Crippen LogP contribution in [0.15, 0.2) is 0 Å². The molecule has 1 aliphatic rings. The van der Waals surface area contributed by atoms with Gasteiger partial charge in [-0.25, -0.2) is 0 Å². The molecular weight excluding hydrogens is 203 g/mol. The molecule has 0 aromatic rings. The summed E-state index contributed by atoms with van der Waals surface area (Å²) in [6.45, 7) is 10.7. The van der Waals surface area contributed by atoms with Crippen LogP contribution in [0.5, 0.6) is 0 Å². The molecule has 1 heterocycles. The minimum atomic E-state index is -0.233. The van der Waals surface area contributed by atoms with Gasteiger partial charge in [-0.05, 0) is 39.9 Å². The molecule has 1 aliphatic heterocycles. The van der Waals surface area contributed by atoms with Gasteiger partial charge in [-0.1, -0.05) is 19.8 Å². The van der Waals surface area contributed by atoms with E-state index in [4.69, 9.17) is 14.4 Å². The van der Waals surface area contributed by atoms with E-state index >= 15 is 0 Å². The second-order valence-electron chi connectivity index (χ2n) is 5.82. The van der Waals surface area contributed by atoms with Crippen molar-refractivity contribution in [3.05, 3.63) is 0 Å². The van der Waals surface area contributed by atoms with E-state index in [1.54, 1.807) is 0 Å². The van der Waals surface area contributed by atoms with Gasteiger partial charge in [0.2, 0.25) is 0 Å². The molecule has 1 atom stereocenters. The third-order valence-corrected chi connectivity index (χ3v) is 3.80. The molecule has 0 aromatic carbocycles. The van der Waals surface area contributed by atoms with Crippen LogP contribution in [0.1, 0.15) is 53.9 Å². The van der Waals surface area contributed by atoms with Gasteiger partial charge in [-0.2, -0.15) is 0 Å². The van der Waals surface area contributed by atoms with Crippen LogP contribution >= 0.6 is 0 Å². The fraction of sp³-hybridized carbons (Fsp3) is 1.00. The minimum Gasteiger partial charge on any atom is -0.403 e. The van der Waals surface area contributed by atoms with Crippen molar-refractivity contribution in [2.45, 2.75) is 70.9 Å². The molecule has 0 radical (unpaired) electrons. The molecule has 16 heavy (non-hydrogen) atoms. The summed E-state index contributed by atoms with van der Waals surface area (Å²) >= 11 is 0. The molecule has 0 amide bonds. The van der Waals surface area contributed by atoms with Gasteiger partial charge in [0.25, 0.3) is 0 Å². The quantitative estimate of drug-likeness (QED) is 0.580. The topological polar surface area (TPSA) is 38.7 Å². The summed E-state index contributed by atoms with van der Waals surface area (Å²) in [5, 5.41) is 8.75. The van der Waals surface area contributed by atoms with Crippen molar-refractivity contribution in [1.82, 2.24) is 0 Å². The Morgan fingerprint density at radius 1 is 1.06 bits per heavy atom. The minimum absolute atomic E-state index is 0.108. The van der Waals surface area contributed by atoms with E-state index in [2.05, 4.69) is 34.6 Å². The molecule has 1 N–H and O–H groups in total. The predicted molar refractivity (Wildman–Crippen MR) is 66.4 cm³/mol. The van der Waals surface area contributed by atoms with Crippen LogP contribution < -0.4 is 0 Å². The second kappa shape index (κ2) is 5.07. The van der Waals surface area contributed by atoms with Gasteiger partial charge in [0.15, 0.2) is 0 Å². The molecule has 0 saturated carbocycles. The summed E-state index contributed by atoms with van der Waals surface area (Å²) < 4.78 is 11.9. The van der Waals surface area contributed by atoms with E-state index in [0.717, 1.165) is 19.3 Å². The van der Waals surface area contributed by atoms with Crippen molar-refractivity contribution in [3.63, 3.8) is 0 Å². The van der Waals surface area contributed by atoms with Crippen molar-refractivity contribution in [2.24, 2.45) is 0 Å². The van der Waals surface area contributed by atoms with E-state index in [-0.39, 0.29) is 24.9 Å². The molecule has 94 valence electrons. The summed E-state index contributed by atoms with van der Waals surface area (Å²) in [5.41, 5.74) is -0.466. The van der Waals surface area contributed by atoms with Crippen LogP contribution in [0.4, 0.5) is 0 Å². The van der Waals surface area contributed by atoms with Gasteiger partial charge in [0, 0.05) is 6.61 Å². The van der Waals surface area contributed by atoms with E-state index < -0.39 is 0 Å². The standard InChI is InChI=1S/C12H25BO3/c1-10(8-6-7-9-14)13-15-11(2,3)12(4,5)16-13/h10,14H,6-9H2,1-5H3. The number of unbranched alkanes of at least 4 members (excludes halogenated alkanes) is 1. The predicted octanol–water partition coefficient (Wildman–Crippen LogP) is 2.63. The number of aliphatic hydroxyl groups is 1. The van der Waals surface area contributed by atoms with Crippen LogP contribution in [0.3, 0.4) is 0 Å². The zero-order valence-corrected chi connectivity index (χ0v) is 11.2. The van der Waals surface area contributed by atoms with Gasteiger partial charge in [0.1, 0.15) is 0 Å².